The first-order chi connectivity index (χ1) is 10.9. The molecule has 7 heteroatoms. The molecular formula is C15H17N5O2. The number of hydrogen-bond donors (Lipinski definition) is 1. The fourth-order valence-corrected chi connectivity index (χ4v) is 2.84. The van der Waals surface area contributed by atoms with Crippen LogP contribution in [0.25, 0.3) is 11.0 Å². The number of nitrogens with zero attached hydrogens (tertiary/aromatic N) is 4. The van der Waals surface area contributed by atoms with Crippen LogP contribution in [0.5, 0.6) is 0 Å². The third-order valence-corrected chi connectivity index (χ3v) is 3.99. The van der Waals surface area contributed by atoms with Gasteiger partial charge in [-0.3, -0.25) is 5.10 Å². The van der Waals surface area contributed by atoms with Gasteiger partial charge in [0.1, 0.15) is 29.7 Å². The molecule has 1 aliphatic heterocycles. The van der Waals surface area contributed by atoms with E-state index < -0.39 is 0 Å². The third-order valence-electron chi connectivity index (χ3n) is 3.99. The number of fused-ring (bicyclic) bond motifs is 1. The fourth-order valence-electron chi connectivity index (χ4n) is 2.84. The van der Waals surface area contributed by atoms with Crippen LogP contribution in [0.3, 0.4) is 0 Å². The first kappa shape index (κ1) is 13.3. The SMILES string of the molecule is CCc1ccc([C@@H]2COCCN2c2ncnc3[nH]ncc23)o1. The maximum atomic E-state index is 5.93. The Hall–Kier alpha value is -2.41. The van der Waals surface area contributed by atoms with E-state index in [1.807, 2.05) is 12.1 Å². The van der Waals surface area contributed by atoms with Crippen LogP contribution in [0.2, 0.25) is 0 Å². The van der Waals surface area contributed by atoms with Gasteiger partial charge < -0.3 is 14.1 Å². The lowest BCUT2D eigenvalue weighted by Gasteiger charge is -2.35. The highest BCUT2D eigenvalue weighted by molar-refractivity contribution is 5.86. The number of furan rings is 1. The van der Waals surface area contributed by atoms with Gasteiger partial charge in [0.15, 0.2) is 5.65 Å². The highest BCUT2D eigenvalue weighted by Gasteiger charge is 2.29. The number of hydrogen-bond acceptors (Lipinski definition) is 6. The second kappa shape index (κ2) is 5.42. The number of H-pyrrole nitrogens is 1. The summed E-state index contributed by atoms with van der Waals surface area (Å²) in [7, 11) is 0. The largest absolute Gasteiger partial charge is 0.464 e. The van der Waals surface area contributed by atoms with E-state index in [1.165, 1.54) is 0 Å². The predicted octanol–water partition coefficient (Wildman–Crippen LogP) is 2.09. The van der Waals surface area contributed by atoms with Crippen molar-refractivity contribution in [2.24, 2.45) is 0 Å². The summed E-state index contributed by atoms with van der Waals surface area (Å²) >= 11 is 0. The Kier molecular flexibility index (Phi) is 3.27. The monoisotopic (exact) mass is 299 g/mol. The van der Waals surface area contributed by atoms with Crippen LogP contribution in [-0.2, 0) is 11.2 Å². The average Bonchev–Trinajstić information content (AvgIpc) is 3.23. The zero-order chi connectivity index (χ0) is 14.9. The molecule has 0 bridgehead atoms. The molecule has 1 aliphatic rings. The van der Waals surface area contributed by atoms with Gasteiger partial charge in [-0.05, 0) is 12.1 Å². The Balaban J connectivity index is 1.75. The summed E-state index contributed by atoms with van der Waals surface area (Å²) in [5.74, 6) is 2.75. The van der Waals surface area contributed by atoms with Crippen molar-refractivity contribution in [2.75, 3.05) is 24.7 Å². The number of morpholine rings is 1. The lowest BCUT2D eigenvalue weighted by atomic mass is 10.1. The minimum atomic E-state index is 0.0158. The Morgan fingerprint density at radius 2 is 2.32 bits per heavy atom. The topological polar surface area (TPSA) is 80.1 Å². The summed E-state index contributed by atoms with van der Waals surface area (Å²) in [4.78, 5) is 10.9. The minimum Gasteiger partial charge on any atom is -0.464 e. The van der Waals surface area contributed by atoms with Crippen molar-refractivity contribution < 1.29 is 9.15 Å². The Bertz CT molecular complexity index is 781. The molecule has 3 aromatic rings. The molecule has 7 nitrogen and oxygen atoms in total. The molecule has 22 heavy (non-hydrogen) atoms. The summed E-state index contributed by atoms with van der Waals surface area (Å²) in [5.41, 5.74) is 0.740. The third kappa shape index (κ3) is 2.14. The maximum Gasteiger partial charge on any atom is 0.160 e. The number of nitrogens with one attached hydrogen (secondary N) is 1. The zero-order valence-electron chi connectivity index (χ0n) is 12.3. The first-order valence-corrected chi connectivity index (χ1v) is 7.44. The molecule has 0 aromatic carbocycles. The van der Waals surface area contributed by atoms with E-state index in [2.05, 4.69) is 32.0 Å². The second-order valence-corrected chi connectivity index (χ2v) is 5.27. The van der Waals surface area contributed by atoms with Gasteiger partial charge in [-0.15, -0.1) is 0 Å². The number of rotatable bonds is 3. The van der Waals surface area contributed by atoms with E-state index in [0.29, 0.717) is 13.2 Å². The summed E-state index contributed by atoms with van der Waals surface area (Å²) in [6, 6.07) is 4.07. The zero-order valence-corrected chi connectivity index (χ0v) is 12.3. The normalized spacial score (nSPS) is 19.0. The molecule has 4 heterocycles. The van der Waals surface area contributed by atoms with Gasteiger partial charge in [0.2, 0.25) is 0 Å². The number of anilines is 1. The summed E-state index contributed by atoms with van der Waals surface area (Å²) in [6.45, 7) is 4.09. The lowest BCUT2D eigenvalue weighted by molar-refractivity contribution is 0.0870. The van der Waals surface area contributed by atoms with E-state index in [0.717, 1.165) is 41.3 Å². The van der Waals surface area contributed by atoms with Gasteiger partial charge in [0.25, 0.3) is 0 Å². The van der Waals surface area contributed by atoms with E-state index in [9.17, 15) is 0 Å². The van der Waals surface area contributed by atoms with Gasteiger partial charge in [0.05, 0.1) is 24.8 Å². The van der Waals surface area contributed by atoms with Crippen molar-refractivity contribution in [3.63, 3.8) is 0 Å². The molecule has 1 saturated heterocycles. The van der Waals surface area contributed by atoms with Crippen molar-refractivity contribution in [1.29, 1.82) is 0 Å². The van der Waals surface area contributed by atoms with Crippen LogP contribution in [0, 0.1) is 0 Å². The molecule has 114 valence electrons. The Morgan fingerprint density at radius 3 is 3.18 bits per heavy atom. The molecule has 4 rings (SSSR count). The molecule has 1 fully saturated rings. The molecule has 0 radical (unpaired) electrons. The van der Waals surface area contributed by atoms with E-state index >= 15 is 0 Å². The summed E-state index contributed by atoms with van der Waals surface area (Å²) in [5, 5.41) is 7.86. The lowest BCUT2D eigenvalue weighted by Crippen LogP contribution is -2.40. The van der Waals surface area contributed by atoms with E-state index in [1.54, 1.807) is 12.5 Å². The van der Waals surface area contributed by atoms with E-state index in [-0.39, 0.29) is 6.04 Å². The molecule has 1 N–H and O–H groups in total. The second-order valence-electron chi connectivity index (χ2n) is 5.27. The fraction of sp³-hybridized carbons (Fsp3) is 0.400. The van der Waals surface area contributed by atoms with Gasteiger partial charge in [-0.2, -0.15) is 5.10 Å². The van der Waals surface area contributed by atoms with Crippen molar-refractivity contribution >= 4 is 16.9 Å². The molecule has 3 aromatic heterocycles. The van der Waals surface area contributed by atoms with Crippen LogP contribution < -0.4 is 4.90 Å². The first-order valence-electron chi connectivity index (χ1n) is 7.44. The Labute approximate surface area is 127 Å². The number of aromatic amines is 1. The molecule has 1 atom stereocenters. The van der Waals surface area contributed by atoms with Crippen molar-refractivity contribution in [3.8, 4) is 0 Å². The smallest absolute Gasteiger partial charge is 0.160 e. The molecule has 0 aliphatic carbocycles. The molecule has 0 saturated carbocycles. The molecule has 0 unspecified atom stereocenters. The van der Waals surface area contributed by atoms with Crippen LogP contribution in [0.4, 0.5) is 5.82 Å². The van der Waals surface area contributed by atoms with Crippen LogP contribution in [-0.4, -0.2) is 39.9 Å². The van der Waals surface area contributed by atoms with Crippen molar-refractivity contribution in [2.45, 2.75) is 19.4 Å². The quantitative estimate of drug-likeness (QED) is 0.797. The average molecular weight is 299 g/mol. The van der Waals surface area contributed by atoms with Crippen molar-refractivity contribution in [3.05, 3.63) is 36.2 Å². The molecule has 0 amide bonds. The van der Waals surface area contributed by atoms with Crippen LogP contribution in [0.15, 0.2) is 29.1 Å². The van der Waals surface area contributed by atoms with E-state index in [4.69, 9.17) is 9.15 Å². The number of aryl methyl sites for hydroxylation is 1. The summed E-state index contributed by atoms with van der Waals surface area (Å²) < 4.78 is 11.6. The molecular weight excluding hydrogens is 282 g/mol. The van der Waals surface area contributed by atoms with Gasteiger partial charge in [-0.1, -0.05) is 6.92 Å². The number of ether oxygens (including phenoxy) is 1. The predicted molar refractivity (Wildman–Crippen MR) is 80.7 cm³/mol. The maximum absolute atomic E-state index is 5.93. The van der Waals surface area contributed by atoms with Gasteiger partial charge >= 0.3 is 0 Å². The van der Waals surface area contributed by atoms with Crippen LogP contribution in [0.1, 0.15) is 24.5 Å². The van der Waals surface area contributed by atoms with Crippen molar-refractivity contribution in [1.82, 2.24) is 20.2 Å². The summed E-state index contributed by atoms with van der Waals surface area (Å²) in [6.07, 6.45) is 4.20. The highest BCUT2D eigenvalue weighted by Crippen LogP contribution is 2.32. The van der Waals surface area contributed by atoms with Gasteiger partial charge in [0, 0.05) is 13.0 Å². The van der Waals surface area contributed by atoms with Crippen LogP contribution >= 0.6 is 0 Å². The number of aromatic nitrogens is 4. The standard InChI is InChI=1S/C15H17N5O2/c1-2-10-3-4-13(22-10)12-8-21-6-5-20(12)15-11-7-18-19-14(11)16-9-17-15/h3-4,7,9,12H,2,5-6,8H2,1H3,(H,16,17,18,19)/t12-/m0/s1. The molecule has 0 spiro atoms. The Morgan fingerprint density at radius 1 is 1.36 bits per heavy atom. The highest BCUT2D eigenvalue weighted by atomic mass is 16.5. The van der Waals surface area contributed by atoms with Gasteiger partial charge in [-0.25, -0.2) is 9.97 Å². The minimum absolute atomic E-state index is 0.0158.